The Labute approximate surface area is 265 Å². The zero-order valence-electron chi connectivity index (χ0n) is 25.4. The number of carbonyl (C=O) groups excluding carboxylic acids is 1. The molecule has 0 radical (unpaired) electrons. The number of rotatable bonds is 11. The number of benzene rings is 3. The average Bonchev–Trinajstić information content (AvgIpc) is 3.42. The predicted octanol–water partition coefficient (Wildman–Crippen LogP) is 6.49. The third-order valence-corrected chi connectivity index (χ3v) is 8.96. The van der Waals surface area contributed by atoms with Crippen molar-refractivity contribution in [3.8, 4) is 0 Å². The van der Waals surface area contributed by atoms with Crippen molar-refractivity contribution in [1.29, 1.82) is 0 Å². The van der Waals surface area contributed by atoms with Crippen LogP contribution in [0.1, 0.15) is 18.4 Å². The summed E-state index contributed by atoms with van der Waals surface area (Å²) < 4.78 is 21.1. The van der Waals surface area contributed by atoms with E-state index in [1.807, 2.05) is 66.3 Å². The van der Waals surface area contributed by atoms with Crippen molar-refractivity contribution in [2.75, 3.05) is 50.2 Å². The predicted molar refractivity (Wildman–Crippen MR) is 179 cm³/mol. The fraction of sp³-hybridized carbons (Fsp3) is 0.294. The van der Waals surface area contributed by atoms with Crippen molar-refractivity contribution in [1.82, 2.24) is 24.6 Å². The molecule has 1 aliphatic heterocycles. The van der Waals surface area contributed by atoms with Crippen LogP contribution in [0, 0.1) is 11.7 Å². The van der Waals surface area contributed by atoms with Gasteiger partial charge in [-0.3, -0.25) is 9.48 Å². The molecule has 1 aliphatic rings. The van der Waals surface area contributed by atoms with E-state index in [1.165, 1.54) is 18.5 Å². The maximum Gasteiger partial charge on any atom is 0.248 e. The van der Waals surface area contributed by atoms with Crippen molar-refractivity contribution in [2.45, 2.75) is 24.3 Å². The smallest absolute Gasteiger partial charge is 0.248 e. The molecular weight excluding hydrogens is 589 g/mol. The molecule has 0 aliphatic carbocycles. The quantitative estimate of drug-likeness (QED) is 0.127. The van der Waals surface area contributed by atoms with Crippen LogP contribution in [0.25, 0.3) is 21.8 Å². The maximum absolute atomic E-state index is 13.7. The number of thioether (sulfide) groups is 1. The van der Waals surface area contributed by atoms with Gasteiger partial charge in [-0.2, -0.15) is 5.10 Å². The largest absolute Gasteiger partial charge is 0.381 e. The maximum atomic E-state index is 13.7. The fourth-order valence-corrected chi connectivity index (χ4v) is 6.52. The summed E-state index contributed by atoms with van der Waals surface area (Å²) in [5.74, 6) is 1.72. The first-order valence-electron chi connectivity index (χ1n) is 15.0. The molecule has 0 spiro atoms. The van der Waals surface area contributed by atoms with Gasteiger partial charge in [0.15, 0.2) is 0 Å². The lowest BCUT2D eigenvalue weighted by Gasteiger charge is -2.22. The number of ether oxygens (including phenoxy) is 1. The average molecular weight is 626 g/mol. The summed E-state index contributed by atoms with van der Waals surface area (Å²) in [6.07, 6.45) is 8.82. The Morgan fingerprint density at radius 1 is 1.13 bits per heavy atom. The highest BCUT2D eigenvalue weighted by atomic mass is 32.2. The Hall–Kier alpha value is -4.32. The molecule has 9 nitrogen and oxygen atoms in total. The highest BCUT2D eigenvalue weighted by molar-refractivity contribution is 7.99. The number of nitrogens with zero attached hydrogens (tertiary/aromatic N) is 5. The highest BCUT2D eigenvalue weighted by Crippen LogP contribution is 2.36. The number of hydrogen-bond acceptors (Lipinski definition) is 8. The minimum absolute atomic E-state index is 0.178. The van der Waals surface area contributed by atoms with Gasteiger partial charge < -0.3 is 20.3 Å². The lowest BCUT2D eigenvalue weighted by atomic mass is 10.0. The van der Waals surface area contributed by atoms with Crippen LogP contribution in [-0.4, -0.2) is 70.2 Å². The lowest BCUT2D eigenvalue weighted by molar-refractivity contribution is -0.111. The summed E-state index contributed by atoms with van der Waals surface area (Å²) in [6, 6.07) is 16.6. The van der Waals surface area contributed by atoms with Crippen LogP contribution in [0.5, 0.6) is 0 Å². The van der Waals surface area contributed by atoms with E-state index in [2.05, 4.69) is 31.8 Å². The summed E-state index contributed by atoms with van der Waals surface area (Å²) >= 11 is 1.74. The van der Waals surface area contributed by atoms with Crippen LogP contribution >= 0.6 is 11.8 Å². The van der Waals surface area contributed by atoms with E-state index in [0.717, 1.165) is 75.4 Å². The Morgan fingerprint density at radius 2 is 2.00 bits per heavy atom. The second-order valence-corrected chi connectivity index (χ2v) is 12.5. The van der Waals surface area contributed by atoms with Gasteiger partial charge in [-0.15, -0.1) is 11.8 Å². The number of aromatic nitrogens is 4. The van der Waals surface area contributed by atoms with Crippen molar-refractivity contribution < 1.29 is 13.9 Å². The fourth-order valence-electron chi connectivity index (χ4n) is 5.30. The molecule has 0 unspecified atom stereocenters. The minimum atomic E-state index is -0.260. The van der Waals surface area contributed by atoms with Gasteiger partial charge in [0.1, 0.15) is 18.0 Å². The summed E-state index contributed by atoms with van der Waals surface area (Å²) in [6.45, 7) is 2.74. The van der Waals surface area contributed by atoms with Gasteiger partial charge in [-0.1, -0.05) is 18.2 Å². The third-order valence-electron chi connectivity index (χ3n) is 7.68. The number of amides is 1. The molecule has 232 valence electrons. The van der Waals surface area contributed by atoms with E-state index in [1.54, 1.807) is 23.9 Å². The third kappa shape index (κ3) is 7.86. The van der Waals surface area contributed by atoms with Gasteiger partial charge in [0.2, 0.25) is 5.91 Å². The SMILES string of the molecule is CN(C)C/C=C/C(=O)Nc1cc2ncnc(Nc3ccc4c(cnn4Cc4cccc(F)c4)c3)c2cc1SCC1CCOCC1. The van der Waals surface area contributed by atoms with Crippen molar-refractivity contribution in [3.63, 3.8) is 0 Å². The summed E-state index contributed by atoms with van der Waals surface area (Å²) in [5, 5.41) is 12.9. The van der Waals surface area contributed by atoms with E-state index < -0.39 is 0 Å². The molecule has 0 atom stereocenters. The van der Waals surface area contributed by atoms with E-state index in [9.17, 15) is 9.18 Å². The lowest BCUT2D eigenvalue weighted by Crippen LogP contribution is -2.17. The molecule has 6 rings (SSSR count). The molecule has 1 fully saturated rings. The van der Waals surface area contributed by atoms with Crippen molar-refractivity contribution >= 4 is 56.7 Å². The van der Waals surface area contributed by atoms with Crippen molar-refractivity contribution in [2.24, 2.45) is 5.92 Å². The molecule has 1 amide bonds. The first-order valence-corrected chi connectivity index (χ1v) is 16.0. The molecule has 2 aromatic heterocycles. The van der Waals surface area contributed by atoms with Crippen LogP contribution in [-0.2, 0) is 16.1 Å². The van der Waals surface area contributed by atoms with Gasteiger partial charge >= 0.3 is 0 Å². The van der Waals surface area contributed by atoms with Crippen LogP contribution in [0.2, 0.25) is 0 Å². The number of nitrogens with one attached hydrogen (secondary N) is 2. The first-order chi connectivity index (χ1) is 21.9. The molecule has 45 heavy (non-hydrogen) atoms. The monoisotopic (exact) mass is 625 g/mol. The highest BCUT2D eigenvalue weighted by Gasteiger charge is 2.17. The van der Waals surface area contributed by atoms with E-state index in [-0.39, 0.29) is 11.7 Å². The Balaban J connectivity index is 1.26. The molecule has 3 aromatic carbocycles. The van der Waals surface area contributed by atoms with Crippen LogP contribution in [0.15, 0.2) is 84.2 Å². The summed E-state index contributed by atoms with van der Waals surface area (Å²) in [7, 11) is 3.92. The van der Waals surface area contributed by atoms with Gasteiger partial charge in [0, 0.05) is 52.9 Å². The van der Waals surface area contributed by atoms with Crippen LogP contribution in [0.3, 0.4) is 0 Å². The van der Waals surface area contributed by atoms with Gasteiger partial charge in [-0.25, -0.2) is 14.4 Å². The number of fused-ring (bicyclic) bond motifs is 2. The zero-order valence-corrected chi connectivity index (χ0v) is 26.2. The number of likely N-dealkylation sites (N-methyl/N-ethyl adjacent to an activating group) is 1. The Kier molecular flexibility index (Phi) is 9.68. The number of anilines is 3. The summed E-state index contributed by atoms with van der Waals surface area (Å²) in [5.41, 5.74) is 4.10. The normalized spacial score (nSPS) is 14.1. The summed E-state index contributed by atoms with van der Waals surface area (Å²) in [4.78, 5) is 24.9. The van der Waals surface area contributed by atoms with E-state index in [0.29, 0.717) is 24.8 Å². The molecule has 0 bridgehead atoms. The number of carbonyl (C=O) groups is 1. The molecule has 3 heterocycles. The molecule has 1 saturated heterocycles. The molecule has 5 aromatic rings. The van der Waals surface area contributed by atoms with Crippen LogP contribution < -0.4 is 10.6 Å². The Morgan fingerprint density at radius 3 is 2.82 bits per heavy atom. The van der Waals surface area contributed by atoms with Gasteiger partial charge in [-0.05, 0) is 80.9 Å². The first kappa shape index (κ1) is 30.7. The molecule has 0 saturated carbocycles. The standard InChI is InChI=1S/C34H36FN7O2S/c1-41(2)12-4-7-33(43)40-30-18-29-28(17-32(30)45-21-23-10-13-44-14-11-23)34(37-22-36-29)39-27-8-9-31-25(16-27)19-38-42(31)20-24-5-3-6-26(35)15-24/h3-9,15-19,22-23H,10-14,20-21H2,1-2H3,(H,40,43)(H,36,37,39)/b7-4+. The zero-order chi connectivity index (χ0) is 31.2. The Bertz CT molecular complexity index is 1830. The van der Waals surface area contributed by atoms with Gasteiger partial charge in [0.05, 0.1) is 29.5 Å². The van der Waals surface area contributed by atoms with Gasteiger partial charge in [0.25, 0.3) is 0 Å². The van der Waals surface area contributed by atoms with Crippen molar-refractivity contribution in [3.05, 3.63) is 90.7 Å². The molecule has 11 heteroatoms. The van der Waals surface area contributed by atoms with E-state index in [4.69, 9.17) is 4.74 Å². The second kappa shape index (κ2) is 14.2. The molecule has 2 N–H and O–H groups in total. The molecular formula is C34H36FN7O2S. The minimum Gasteiger partial charge on any atom is -0.381 e. The van der Waals surface area contributed by atoms with E-state index >= 15 is 0 Å². The number of halogens is 1. The second-order valence-electron chi connectivity index (χ2n) is 11.4. The number of hydrogen-bond donors (Lipinski definition) is 2. The van der Waals surface area contributed by atoms with Crippen LogP contribution in [0.4, 0.5) is 21.6 Å². The topological polar surface area (TPSA) is 97.2 Å².